The van der Waals surface area contributed by atoms with E-state index in [1.54, 1.807) is 6.07 Å². The Labute approximate surface area is 109 Å². The average Bonchev–Trinajstić information content (AvgIpc) is 2.67. The fourth-order valence-electron chi connectivity index (χ4n) is 2.38. The summed E-state index contributed by atoms with van der Waals surface area (Å²) in [5.41, 5.74) is 2.39. The third-order valence-electron chi connectivity index (χ3n) is 3.26. The molecule has 2 rings (SSSR count). The summed E-state index contributed by atoms with van der Waals surface area (Å²) in [7, 11) is 4.15. The van der Waals surface area contributed by atoms with Gasteiger partial charge in [-0.05, 0) is 44.6 Å². The van der Waals surface area contributed by atoms with Gasteiger partial charge in [0.15, 0.2) is 0 Å². The van der Waals surface area contributed by atoms with E-state index in [0.29, 0.717) is 5.75 Å². The zero-order chi connectivity index (χ0) is 13.1. The Kier molecular flexibility index (Phi) is 3.92. The quantitative estimate of drug-likeness (QED) is 0.878. The molecule has 0 bridgehead atoms. The fraction of sp³-hybridized carbons (Fsp3) is 0.467. The number of benzene rings is 1. The van der Waals surface area contributed by atoms with E-state index in [-0.39, 0.29) is 0 Å². The van der Waals surface area contributed by atoms with Crippen molar-refractivity contribution in [2.45, 2.75) is 26.3 Å². The largest absolute Gasteiger partial charge is 0.507 e. The van der Waals surface area contributed by atoms with Crippen molar-refractivity contribution in [3.05, 3.63) is 30.0 Å². The molecule has 2 aromatic rings. The lowest BCUT2D eigenvalue weighted by Gasteiger charge is -2.08. The highest BCUT2D eigenvalue weighted by Gasteiger charge is 2.11. The minimum absolute atomic E-state index is 0.399. The first kappa shape index (κ1) is 13.0. The monoisotopic (exact) mass is 246 g/mol. The van der Waals surface area contributed by atoms with Crippen LogP contribution in [0.15, 0.2) is 24.4 Å². The van der Waals surface area contributed by atoms with Gasteiger partial charge in [0.1, 0.15) is 5.75 Å². The summed E-state index contributed by atoms with van der Waals surface area (Å²) >= 11 is 0. The average molecular weight is 246 g/mol. The Bertz CT molecular complexity index is 529. The molecule has 0 spiro atoms. The predicted octanol–water partition coefficient (Wildman–Crippen LogP) is 2.86. The van der Waals surface area contributed by atoms with Crippen molar-refractivity contribution < 1.29 is 5.11 Å². The van der Waals surface area contributed by atoms with Crippen molar-refractivity contribution in [1.29, 1.82) is 0 Å². The van der Waals surface area contributed by atoms with Crippen LogP contribution in [-0.4, -0.2) is 35.2 Å². The van der Waals surface area contributed by atoms with E-state index in [4.69, 9.17) is 0 Å². The zero-order valence-electron chi connectivity index (χ0n) is 11.5. The van der Waals surface area contributed by atoms with Crippen LogP contribution in [0.5, 0.6) is 5.75 Å². The number of likely N-dealkylation sites (N-methyl/N-ethyl adjacent to an activating group) is 1. The van der Waals surface area contributed by atoms with Crippen molar-refractivity contribution in [2.24, 2.45) is 0 Å². The second-order valence-corrected chi connectivity index (χ2v) is 5.07. The fourth-order valence-corrected chi connectivity index (χ4v) is 2.38. The molecule has 1 heterocycles. The van der Waals surface area contributed by atoms with E-state index in [9.17, 15) is 5.11 Å². The molecule has 0 aliphatic rings. The van der Waals surface area contributed by atoms with Gasteiger partial charge < -0.3 is 14.6 Å². The molecule has 3 heteroatoms. The first-order valence-electron chi connectivity index (χ1n) is 6.58. The molecule has 0 radical (unpaired) electrons. The molecule has 0 saturated heterocycles. The van der Waals surface area contributed by atoms with Gasteiger partial charge in [0.2, 0.25) is 0 Å². The number of hydrogen-bond acceptors (Lipinski definition) is 2. The number of phenolic OH excluding ortho intramolecular Hbond substituents is 1. The Morgan fingerprint density at radius 3 is 2.72 bits per heavy atom. The Hall–Kier alpha value is -1.48. The Morgan fingerprint density at radius 2 is 2.06 bits per heavy atom. The predicted molar refractivity (Wildman–Crippen MR) is 76.2 cm³/mol. The number of nitrogens with zero attached hydrogens (tertiary/aromatic N) is 2. The smallest absolute Gasteiger partial charge is 0.125 e. The maximum atomic E-state index is 10.1. The van der Waals surface area contributed by atoms with Crippen LogP contribution in [0.25, 0.3) is 10.9 Å². The number of aromatic hydroxyl groups is 1. The van der Waals surface area contributed by atoms with Gasteiger partial charge in [0.05, 0.1) is 5.52 Å². The van der Waals surface area contributed by atoms with Gasteiger partial charge in [-0.2, -0.15) is 0 Å². The van der Waals surface area contributed by atoms with Crippen LogP contribution >= 0.6 is 0 Å². The highest BCUT2D eigenvalue weighted by Crippen LogP contribution is 2.30. The normalized spacial score (nSPS) is 11.6. The Morgan fingerprint density at radius 1 is 1.28 bits per heavy atom. The van der Waals surface area contributed by atoms with Gasteiger partial charge in [-0.15, -0.1) is 0 Å². The van der Waals surface area contributed by atoms with Gasteiger partial charge in [-0.3, -0.25) is 0 Å². The molecule has 0 fully saturated rings. The molecule has 0 saturated carbocycles. The number of fused-ring (bicyclic) bond motifs is 1. The van der Waals surface area contributed by atoms with E-state index < -0.39 is 0 Å². The van der Waals surface area contributed by atoms with Crippen molar-refractivity contribution in [1.82, 2.24) is 9.47 Å². The molecular formula is C15H22N2O. The maximum absolute atomic E-state index is 10.1. The summed E-state index contributed by atoms with van der Waals surface area (Å²) in [6.07, 6.45) is 4.27. The van der Waals surface area contributed by atoms with Crippen LogP contribution in [0, 0.1) is 0 Å². The summed E-state index contributed by atoms with van der Waals surface area (Å²) in [5.74, 6) is 0.399. The summed E-state index contributed by atoms with van der Waals surface area (Å²) in [6.45, 7) is 4.18. The molecule has 0 amide bonds. The first-order chi connectivity index (χ1) is 8.63. The van der Waals surface area contributed by atoms with E-state index in [2.05, 4.69) is 42.7 Å². The van der Waals surface area contributed by atoms with Crippen molar-refractivity contribution in [2.75, 3.05) is 20.6 Å². The molecule has 3 nitrogen and oxygen atoms in total. The van der Waals surface area contributed by atoms with E-state index in [1.807, 2.05) is 6.07 Å². The summed E-state index contributed by atoms with van der Waals surface area (Å²) in [6, 6.07) is 5.78. The van der Waals surface area contributed by atoms with E-state index in [0.717, 1.165) is 36.8 Å². The maximum Gasteiger partial charge on any atom is 0.125 e. The van der Waals surface area contributed by atoms with Crippen molar-refractivity contribution >= 4 is 10.9 Å². The number of hydrogen-bond donors (Lipinski definition) is 1. The molecule has 18 heavy (non-hydrogen) atoms. The molecule has 1 aromatic carbocycles. The molecule has 98 valence electrons. The van der Waals surface area contributed by atoms with E-state index >= 15 is 0 Å². The number of aryl methyl sites for hydroxylation is 1. The molecule has 0 aliphatic heterocycles. The molecule has 1 N–H and O–H groups in total. The molecule has 1 aromatic heterocycles. The van der Waals surface area contributed by atoms with Crippen LogP contribution in [0.1, 0.15) is 18.9 Å². The van der Waals surface area contributed by atoms with Gasteiger partial charge in [0.25, 0.3) is 0 Å². The second kappa shape index (κ2) is 5.44. The number of aromatic nitrogens is 1. The van der Waals surface area contributed by atoms with E-state index in [1.165, 1.54) is 5.56 Å². The minimum atomic E-state index is 0.399. The Balaban J connectivity index is 2.44. The lowest BCUT2D eigenvalue weighted by molar-refractivity contribution is 0.413. The van der Waals surface area contributed by atoms with Crippen molar-refractivity contribution in [3.63, 3.8) is 0 Å². The standard InChI is InChI=1S/C15H22N2O/c1-4-9-17-11-12(8-10-16(2)3)15-13(17)6-5-7-14(15)18/h5-7,11,18H,4,8-10H2,1-3H3. The van der Waals surface area contributed by atoms with Gasteiger partial charge >= 0.3 is 0 Å². The molecular weight excluding hydrogens is 224 g/mol. The van der Waals surface area contributed by atoms with Crippen LogP contribution in [0.3, 0.4) is 0 Å². The SMILES string of the molecule is CCCn1cc(CCN(C)C)c2c(O)cccc21. The first-order valence-corrected chi connectivity index (χ1v) is 6.58. The topological polar surface area (TPSA) is 28.4 Å². The van der Waals surface area contributed by atoms with Gasteiger partial charge in [-0.1, -0.05) is 13.0 Å². The van der Waals surface area contributed by atoms with Crippen molar-refractivity contribution in [3.8, 4) is 5.75 Å². The second-order valence-electron chi connectivity index (χ2n) is 5.07. The highest BCUT2D eigenvalue weighted by atomic mass is 16.3. The summed E-state index contributed by atoms with van der Waals surface area (Å²) < 4.78 is 2.25. The third kappa shape index (κ3) is 2.51. The zero-order valence-corrected chi connectivity index (χ0v) is 11.5. The lowest BCUT2D eigenvalue weighted by atomic mass is 10.1. The molecule has 0 unspecified atom stereocenters. The van der Waals surface area contributed by atoms with Crippen LogP contribution in [-0.2, 0) is 13.0 Å². The lowest BCUT2D eigenvalue weighted by Crippen LogP contribution is -2.14. The minimum Gasteiger partial charge on any atom is -0.507 e. The highest BCUT2D eigenvalue weighted by molar-refractivity contribution is 5.89. The summed E-state index contributed by atoms with van der Waals surface area (Å²) in [5, 5.41) is 11.1. The summed E-state index contributed by atoms with van der Waals surface area (Å²) in [4.78, 5) is 2.17. The van der Waals surface area contributed by atoms with Crippen LogP contribution < -0.4 is 0 Å². The molecule has 0 aliphatic carbocycles. The van der Waals surface area contributed by atoms with Gasteiger partial charge in [0, 0.05) is 24.7 Å². The van der Waals surface area contributed by atoms with Crippen LogP contribution in [0.4, 0.5) is 0 Å². The number of phenols is 1. The van der Waals surface area contributed by atoms with Crippen LogP contribution in [0.2, 0.25) is 0 Å². The van der Waals surface area contributed by atoms with Gasteiger partial charge in [-0.25, -0.2) is 0 Å². The number of rotatable bonds is 5. The third-order valence-corrected chi connectivity index (χ3v) is 3.26. The molecule has 0 atom stereocenters.